The predicted molar refractivity (Wildman–Crippen MR) is 103 cm³/mol. The molecule has 0 radical (unpaired) electrons. The van der Waals surface area contributed by atoms with Crippen LogP contribution >= 0.6 is 11.6 Å². The van der Waals surface area contributed by atoms with E-state index in [-0.39, 0.29) is 11.9 Å². The van der Waals surface area contributed by atoms with Gasteiger partial charge in [-0.3, -0.25) is 9.69 Å². The molecule has 1 fully saturated rings. The van der Waals surface area contributed by atoms with Crippen molar-refractivity contribution < 1.29 is 4.79 Å². The molecule has 5 heteroatoms. The highest BCUT2D eigenvalue weighted by Crippen LogP contribution is 2.24. The van der Waals surface area contributed by atoms with E-state index in [2.05, 4.69) is 11.0 Å². The van der Waals surface area contributed by atoms with E-state index >= 15 is 0 Å². The smallest absolute Gasteiger partial charge is 0.227 e. The van der Waals surface area contributed by atoms with Gasteiger partial charge in [0, 0.05) is 31.2 Å². The number of halogens is 1. The summed E-state index contributed by atoms with van der Waals surface area (Å²) in [7, 11) is 0. The number of hydrogen-bond acceptors (Lipinski definition) is 3. The van der Waals surface area contributed by atoms with Gasteiger partial charge in [0.25, 0.3) is 0 Å². The number of rotatable bonds is 4. The van der Waals surface area contributed by atoms with Crippen molar-refractivity contribution in [3.63, 3.8) is 0 Å². The lowest BCUT2D eigenvalue weighted by atomic mass is 10.0. The molecule has 1 amide bonds. The molecule has 3 rings (SSSR count). The lowest BCUT2D eigenvalue weighted by Gasteiger charge is -2.37. The molecule has 2 aromatic rings. The first kappa shape index (κ1) is 18.4. The molecular weight excluding hydrogens is 346 g/mol. The Morgan fingerprint density at radius 1 is 1.12 bits per heavy atom. The summed E-state index contributed by atoms with van der Waals surface area (Å²) >= 11 is 5.89. The summed E-state index contributed by atoms with van der Waals surface area (Å²) in [6.07, 6.45) is 0.386. The number of piperazine rings is 1. The third-order valence-electron chi connectivity index (χ3n) is 4.91. The van der Waals surface area contributed by atoms with Gasteiger partial charge >= 0.3 is 0 Å². The average molecular weight is 368 g/mol. The van der Waals surface area contributed by atoms with Gasteiger partial charge in [0.05, 0.1) is 12.5 Å². The fraction of sp³-hybridized carbons (Fsp3) is 0.333. The fourth-order valence-corrected chi connectivity index (χ4v) is 3.49. The van der Waals surface area contributed by atoms with E-state index in [9.17, 15) is 10.1 Å². The van der Waals surface area contributed by atoms with Gasteiger partial charge in [0.15, 0.2) is 0 Å². The molecule has 0 aliphatic carbocycles. The Kier molecular flexibility index (Phi) is 5.92. The summed E-state index contributed by atoms with van der Waals surface area (Å²) in [6.45, 7) is 4.75. The van der Waals surface area contributed by atoms with Crippen LogP contribution < -0.4 is 0 Å². The Balaban J connectivity index is 1.59. The predicted octanol–water partition coefficient (Wildman–Crippen LogP) is 3.60. The topological polar surface area (TPSA) is 47.3 Å². The maximum absolute atomic E-state index is 12.5. The van der Waals surface area contributed by atoms with Crippen molar-refractivity contribution in [3.8, 4) is 6.07 Å². The molecule has 0 aromatic heterocycles. The second-order valence-corrected chi connectivity index (χ2v) is 7.04. The highest BCUT2D eigenvalue weighted by Gasteiger charge is 2.27. The zero-order valence-corrected chi connectivity index (χ0v) is 15.6. The molecule has 0 N–H and O–H groups in total. The molecule has 0 bridgehead atoms. The van der Waals surface area contributed by atoms with E-state index in [1.807, 2.05) is 60.4 Å². The van der Waals surface area contributed by atoms with E-state index in [0.29, 0.717) is 37.6 Å². The normalized spacial score (nSPS) is 16.1. The Morgan fingerprint density at radius 3 is 2.38 bits per heavy atom. The number of aryl methyl sites for hydroxylation is 1. The van der Waals surface area contributed by atoms with Crippen LogP contribution in [-0.4, -0.2) is 41.9 Å². The number of amides is 1. The summed E-state index contributed by atoms with van der Waals surface area (Å²) in [5.41, 5.74) is 3.15. The first-order chi connectivity index (χ1) is 12.6. The zero-order valence-electron chi connectivity index (χ0n) is 14.9. The molecule has 134 valence electrons. The Hall–Kier alpha value is -2.35. The van der Waals surface area contributed by atoms with Crippen molar-refractivity contribution in [1.29, 1.82) is 5.26 Å². The van der Waals surface area contributed by atoms with Gasteiger partial charge in [-0.15, -0.1) is 0 Å². The van der Waals surface area contributed by atoms with Crippen LogP contribution in [0.3, 0.4) is 0 Å². The molecule has 1 aliphatic rings. The highest BCUT2D eigenvalue weighted by atomic mass is 35.5. The van der Waals surface area contributed by atoms with E-state index in [1.165, 1.54) is 0 Å². The van der Waals surface area contributed by atoms with Gasteiger partial charge in [-0.25, -0.2) is 0 Å². The number of nitrogens with zero attached hydrogens (tertiary/aromatic N) is 3. The Morgan fingerprint density at radius 2 is 1.77 bits per heavy atom. The van der Waals surface area contributed by atoms with Crippen LogP contribution in [0.4, 0.5) is 0 Å². The van der Waals surface area contributed by atoms with Gasteiger partial charge in [-0.2, -0.15) is 5.26 Å². The first-order valence-corrected chi connectivity index (χ1v) is 9.17. The maximum atomic E-state index is 12.5. The number of hydrogen-bond donors (Lipinski definition) is 0. The molecule has 4 nitrogen and oxygen atoms in total. The quantitative estimate of drug-likeness (QED) is 0.829. The van der Waals surface area contributed by atoms with Crippen molar-refractivity contribution >= 4 is 17.5 Å². The molecule has 1 atom stereocenters. The number of benzene rings is 2. The lowest BCUT2D eigenvalue weighted by molar-refractivity contribution is -0.132. The first-order valence-electron chi connectivity index (χ1n) is 8.80. The maximum Gasteiger partial charge on any atom is 0.227 e. The van der Waals surface area contributed by atoms with E-state index < -0.39 is 0 Å². The Bertz CT molecular complexity index is 805. The van der Waals surface area contributed by atoms with Crippen molar-refractivity contribution in [2.75, 3.05) is 26.2 Å². The van der Waals surface area contributed by atoms with Crippen LogP contribution in [0.1, 0.15) is 22.7 Å². The second kappa shape index (κ2) is 8.35. The van der Waals surface area contributed by atoms with Crippen molar-refractivity contribution in [2.45, 2.75) is 19.4 Å². The van der Waals surface area contributed by atoms with Gasteiger partial charge in [-0.1, -0.05) is 48.0 Å². The third kappa shape index (κ3) is 4.24. The number of carbonyl (C=O) groups is 1. The number of nitriles is 1. The largest absolute Gasteiger partial charge is 0.340 e. The lowest BCUT2D eigenvalue weighted by Crippen LogP contribution is -2.50. The SMILES string of the molecule is Cc1ccccc1C(C#N)N1CCN(C(=O)Cc2ccc(Cl)cc2)CC1. The minimum absolute atomic E-state index is 0.122. The molecule has 26 heavy (non-hydrogen) atoms. The minimum Gasteiger partial charge on any atom is -0.340 e. The summed E-state index contributed by atoms with van der Waals surface area (Å²) < 4.78 is 0. The molecule has 0 saturated carbocycles. The fourth-order valence-electron chi connectivity index (χ4n) is 3.36. The van der Waals surface area contributed by atoms with Crippen molar-refractivity contribution in [3.05, 3.63) is 70.2 Å². The third-order valence-corrected chi connectivity index (χ3v) is 5.16. The van der Waals surface area contributed by atoms with Crippen LogP contribution in [0.25, 0.3) is 0 Å². The summed E-state index contributed by atoms with van der Waals surface area (Å²) in [6, 6.07) is 17.6. The van der Waals surface area contributed by atoms with Crippen LogP contribution in [0.5, 0.6) is 0 Å². The molecule has 1 aliphatic heterocycles. The summed E-state index contributed by atoms with van der Waals surface area (Å²) in [4.78, 5) is 16.6. The molecule has 1 unspecified atom stereocenters. The second-order valence-electron chi connectivity index (χ2n) is 6.61. The standard InChI is InChI=1S/C21H22ClN3O/c1-16-4-2-3-5-19(16)20(15-23)24-10-12-25(13-11-24)21(26)14-17-6-8-18(22)9-7-17/h2-9,20H,10-14H2,1H3. The summed E-state index contributed by atoms with van der Waals surface area (Å²) in [5.74, 6) is 0.122. The van der Waals surface area contributed by atoms with Gasteiger partial charge < -0.3 is 4.90 Å². The zero-order chi connectivity index (χ0) is 18.5. The highest BCUT2D eigenvalue weighted by molar-refractivity contribution is 6.30. The summed E-state index contributed by atoms with van der Waals surface area (Å²) in [5, 5.41) is 10.3. The minimum atomic E-state index is -0.260. The van der Waals surface area contributed by atoms with E-state index in [1.54, 1.807) is 0 Å². The van der Waals surface area contributed by atoms with Gasteiger partial charge in [0.1, 0.15) is 6.04 Å². The molecular formula is C21H22ClN3O. The van der Waals surface area contributed by atoms with Crippen LogP contribution in [-0.2, 0) is 11.2 Å². The van der Waals surface area contributed by atoms with Crippen molar-refractivity contribution in [1.82, 2.24) is 9.80 Å². The van der Waals surface area contributed by atoms with E-state index in [4.69, 9.17) is 11.6 Å². The monoisotopic (exact) mass is 367 g/mol. The molecule has 2 aromatic carbocycles. The number of carbonyl (C=O) groups excluding carboxylic acids is 1. The average Bonchev–Trinajstić information content (AvgIpc) is 2.66. The molecule has 1 saturated heterocycles. The van der Waals surface area contributed by atoms with E-state index in [0.717, 1.165) is 16.7 Å². The van der Waals surface area contributed by atoms with Gasteiger partial charge in [0.2, 0.25) is 5.91 Å². The molecule has 1 heterocycles. The van der Waals surface area contributed by atoms with Crippen molar-refractivity contribution in [2.24, 2.45) is 0 Å². The van der Waals surface area contributed by atoms with Gasteiger partial charge in [-0.05, 0) is 35.7 Å². The van der Waals surface area contributed by atoms with Crippen LogP contribution in [0, 0.1) is 18.3 Å². The molecule has 0 spiro atoms. The Labute approximate surface area is 159 Å². The van der Waals surface area contributed by atoms with Crippen LogP contribution in [0.15, 0.2) is 48.5 Å². The van der Waals surface area contributed by atoms with Crippen LogP contribution in [0.2, 0.25) is 5.02 Å².